The van der Waals surface area contributed by atoms with Gasteiger partial charge in [-0.15, -0.1) is 0 Å². The van der Waals surface area contributed by atoms with Gasteiger partial charge >= 0.3 is 0 Å². The van der Waals surface area contributed by atoms with Crippen LogP contribution in [0.1, 0.15) is 12.8 Å². The lowest BCUT2D eigenvalue weighted by molar-refractivity contribution is -0.146. The van der Waals surface area contributed by atoms with Gasteiger partial charge in [0.05, 0.1) is 6.54 Å². The molecule has 1 aliphatic carbocycles. The zero-order chi connectivity index (χ0) is 14.8. The highest BCUT2D eigenvalue weighted by Crippen LogP contribution is 2.28. The minimum atomic E-state index is -0.351. The predicted molar refractivity (Wildman–Crippen MR) is 73.2 cm³/mol. The monoisotopic (exact) mass is 292 g/mol. The van der Waals surface area contributed by atoms with Crippen molar-refractivity contribution in [1.29, 1.82) is 0 Å². The summed E-state index contributed by atoms with van der Waals surface area (Å²) < 4.78 is 18.1. The van der Waals surface area contributed by atoms with Gasteiger partial charge in [0.25, 0.3) is 5.91 Å². The smallest absolute Gasteiger partial charge is 0.261 e. The lowest BCUT2D eigenvalue weighted by Gasteiger charge is -2.34. The molecule has 0 radical (unpaired) electrons. The van der Waals surface area contributed by atoms with Crippen molar-refractivity contribution in [2.45, 2.75) is 18.9 Å². The summed E-state index contributed by atoms with van der Waals surface area (Å²) in [5, 5.41) is 0. The molecule has 0 spiro atoms. The van der Waals surface area contributed by atoms with E-state index >= 15 is 0 Å². The van der Waals surface area contributed by atoms with Crippen LogP contribution in [-0.2, 0) is 9.59 Å². The van der Waals surface area contributed by atoms with E-state index < -0.39 is 0 Å². The fraction of sp³-hybridized carbons (Fsp3) is 0.467. The van der Waals surface area contributed by atoms with Gasteiger partial charge in [-0.2, -0.15) is 0 Å². The first kappa shape index (κ1) is 13.9. The van der Waals surface area contributed by atoms with Gasteiger partial charge in [-0.1, -0.05) is 0 Å². The van der Waals surface area contributed by atoms with Crippen molar-refractivity contribution >= 4 is 11.8 Å². The van der Waals surface area contributed by atoms with Gasteiger partial charge in [-0.3, -0.25) is 9.59 Å². The van der Waals surface area contributed by atoms with E-state index in [0.29, 0.717) is 24.9 Å². The Hall–Kier alpha value is -2.11. The molecule has 1 aromatic rings. The minimum Gasteiger partial charge on any atom is -0.484 e. The van der Waals surface area contributed by atoms with Crippen LogP contribution in [0.2, 0.25) is 0 Å². The van der Waals surface area contributed by atoms with Crippen LogP contribution >= 0.6 is 0 Å². The summed E-state index contributed by atoms with van der Waals surface area (Å²) in [6, 6.07) is 5.89. The van der Waals surface area contributed by atoms with E-state index in [0.717, 1.165) is 12.8 Å². The molecule has 1 aromatic carbocycles. The molecule has 0 atom stereocenters. The zero-order valence-corrected chi connectivity index (χ0v) is 11.6. The third-order valence-corrected chi connectivity index (χ3v) is 3.77. The Morgan fingerprint density at radius 3 is 2.57 bits per heavy atom. The molecule has 1 saturated carbocycles. The summed E-state index contributed by atoms with van der Waals surface area (Å²) in [5.41, 5.74) is 0. The Morgan fingerprint density at radius 2 is 1.95 bits per heavy atom. The Balaban J connectivity index is 1.49. The molecule has 0 bridgehead atoms. The topological polar surface area (TPSA) is 49.9 Å². The highest BCUT2D eigenvalue weighted by atomic mass is 19.1. The number of nitrogens with zero attached hydrogens (tertiary/aromatic N) is 2. The maximum atomic E-state index is 12.8. The molecule has 2 aliphatic rings. The number of halogens is 1. The minimum absolute atomic E-state index is 0.0129. The molecular formula is C15H17FN2O3. The molecule has 2 amide bonds. The summed E-state index contributed by atoms with van der Waals surface area (Å²) in [5.74, 6) is -0.120. The molecule has 1 saturated heterocycles. The Kier molecular flexibility index (Phi) is 3.77. The van der Waals surface area contributed by atoms with Crippen molar-refractivity contribution in [2.75, 3.05) is 26.2 Å². The molecule has 1 heterocycles. The number of hydrogen-bond donors (Lipinski definition) is 0. The molecule has 112 valence electrons. The Labute approximate surface area is 122 Å². The Morgan fingerprint density at radius 1 is 1.24 bits per heavy atom. The maximum absolute atomic E-state index is 12.8. The van der Waals surface area contributed by atoms with Gasteiger partial charge in [-0.05, 0) is 37.1 Å². The van der Waals surface area contributed by atoms with Crippen LogP contribution in [-0.4, -0.2) is 53.9 Å². The third-order valence-electron chi connectivity index (χ3n) is 3.77. The molecule has 1 aliphatic heterocycles. The molecular weight excluding hydrogens is 275 g/mol. The van der Waals surface area contributed by atoms with Crippen molar-refractivity contribution in [3.8, 4) is 5.75 Å². The number of carbonyl (C=O) groups is 2. The molecule has 5 nitrogen and oxygen atoms in total. The van der Waals surface area contributed by atoms with Gasteiger partial charge < -0.3 is 14.5 Å². The van der Waals surface area contributed by atoms with Crippen molar-refractivity contribution < 1.29 is 18.7 Å². The summed E-state index contributed by atoms with van der Waals surface area (Å²) in [6.45, 7) is 1.14. The van der Waals surface area contributed by atoms with Gasteiger partial charge in [0.15, 0.2) is 6.61 Å². The van der Waals surface area contributed by atoms with Crippen molar-refractivity contribution in [1.82, 2.24) is 9.80 Å². The lowest BCUT2D eigenvalue weighted by Crippen LogP contribution is -2.53. The second-order valence-electron chi connectivity index (χ2n) is 5.38. The lowest BCUT2D eigenvalue weighted by atomic mass is 10.3. The van der Waals surface area contributed by atoms with Crippen LogP contribution in [0.4, 0.5) is 4.39 Å². The third kappa shape index (κ3) is 3.32. The summed E-state index contributed by atoms with van der Waals surface area (Å²) in [6.07, 6.45) is 2.15. The first-order valence-electron chi connectivity index (χ1n) is 7.09. The number of ether oxygens (including phenoxy) is 1. The maximum Gasteiger partial charge on any atom is 0.261 e. The molecule has 0 unspecified atom stereocenters. The number of benzene rings is 1. The number of carbonyl (C=O) groups excluding carboxylic acids is 2. The van der Waals surface area contributed by atoms with E-state index in [-0.39, 0.29) is 30.8 Å². The van der Waals surface area contributed by atoms with E-state index in [2.05, 4.69) is 0 Å². The van der Waals surface area contributed by atoms with E-state index in [4.69, 9.17) is 4.74 Å². The average Bonchev–Trinajstić information content (AvgIpc) is 3.31. The number of hydrogen-bond acceptors (Lipinski definition) is 3. The molecule has 0 N–H and O–H groups in total. The van der Waals surface area contributed by atoms with Crippen LogP contribution < -0.4 is 4.74 Å². The van der Waals surface area contributed by atoms with Crippen LogP contribution in [0.5, 0.6) is 5.75 Å². The second kappa shape index (κ2) is 5.71. The van der Waals surface area contributed by atoms with E-state index in [1.165, 1.54) is 29.2 Å². The normalized spacial score (nSPS) is 18.8. The molecule has 6 heteroatoms. The van der Waals surface area contributed by atoms with Gasteiger partial charge in [-0.25, -0.2) is 4.39 Å². The summed E-state index contributed by atoms with van der Waals surface area (Å²) in [4.78, 5) is 27.4. The van der Waals surface area contributed by atoms with E-state index in [1.807, 2.05) is 4.90 Å². The number of rotatable bonds is 4. The largest absolute Gasteiger partial charge is 0.484 e. The predicted octanol–water partition coefficient (Wildman–Crippen LogP) is 1.04. The fourth-order valence-electron chi connectivity index (χ4n) is 2.44. The second-order valence-corrected chi connectivity index (χ2v) is 5.38. The SMILES string of the molecule is O=C(COc1ccc(F)cc1)N1CCN(C2CC2)C(=O)C1. The number of amides is 2. The van der Waals surface area contributed by atoms with E-state index in [1.54, 1.807) is 0 Å². The zero-order valence-electron chi connectivity index (χ0n) is 11.6. The highest BCUT2D eigenvalue weighted by molar-refractivity contribution is 5.87. The van der Waals surface area contributed by atoms with E-state index in [9.17, 15) is 14.0 Å². The Bertz CT molecular complexity index is 542. The van der Waals surface area contributed by atoms with Gasteiger partial charge in [0, 0.05) is 19.1 Å². The highest BCUT2D eigenvalue weighted by Gasteiger charge is 2.36. The molecule has 21 heavy (non-hydrogen) atoms. The summed E-state index contributed by atoms with van der Waals surface area (Å²) >= 11 is 0. The van der Waals surface area contributed by atoms with Crippen molar-refractivity contribution in [3.05, 3.63) is 30.1 Å². The average molecular weight is 292 g/mol. The number of piperazine rings is 1. The van der Waals surface area contributed by atoms with Crippen LogP contribution in [0, 0.1) is 5.82 Å². The van der Waals surface area contributed by atoms with Gasteiger partial charge in [0.1, 0.15) is 11.6 Å². The van der Waals surface area contributed by atoms with Crippen molar-refractivity contribution in [2.24, 2.45) is 0 Å². The molecule has 0 aromatic heterocycles. The fourth-order valence-corrected chi connectivity index (χ4v) is 2.44. The quantitative estimate of drug-likeness (QED) is 0.833. The van der Waals surface area contributed by atoms with Crippen LogP contribution in [0.3, 0.4) is 0 Å². The standard InChI is InChI=1S/C15H17FN2O3/c16-11-1-5-13(6-2-11)21-10-15(20)17-7-8-18(12-3-4-12)14(19)9-17/h1-2,5-6,12H,3-4,7-10H2. The summed E-state index contributed by atoms with van der Waals surface area (Å²) in [7, 11) is 0. The van der Waals surface area contributed by atoms with Crippen LogP contribution in [0.25, 0.3) is 0 Å². The molecule has 3 rings (SSSR count). The van der Waals surface area contributed by atoms with Gasteiger partial charge in [0.2, 0.25) is 5.91 Å². The van der Waals surface area contributed by atoms with Crippen molar-refractivity contribution in [3.63, 3.8) is 0 Å². The van der Waals surface area contributed by atoms with Crippen LogP contribution in [0.15, 0.2) is 24.3 Å². The molecule has 2 fully saturated rings. The first-order valence-corrected chi connectivity index (χ1v) is 7.09. The first-order chi connectivity index (χ1) is 10.1.